The number of aromatic nitrogens is 1. The minimum absolute atomic E-state index is 0.117. The Hall–Kier alpha value is -3.71. The first-order valence-corrected chi connectivity index (χ1v) is 13.5. The fraction of sp³-hybridized carbons (Fsp3) is 0.185. The lowest BCUT2D eigenvalue weighted by Gasteiger charge is -2.20. The molecule has 9 heteroatoms. The van der Waals surface area contributed by atoms with Gasteiger partial charge in [0.15, 0.2) is 4.80 Å². The van der Waals surface area contributed by atoms with Gasteiger partial charge in [-0.15, -0.1) is 6.42 Å². The zero-order valence-electron chi connectivity index (χ0n) is 19.9. The minimum Gasteiger partial charge on any atom is -0.495 e. The fourth-order valence-electron chi connectivity index (χ4n) is 3.81. The standard InChI is InChI=1S/C27H25N3O4S2/c1-4-18-30-25-23(34-3)12-9-13-24(25)35-27(30)28-26(31)21-14-16-22(17-15-21)36(32,33)29(5-2)19-20-10-7-6-8-11-20/h1,6-17H,5,18-19H2,2-3H3. The van der Waals surface area contributed by atoms with Crippen LogP contribution in [0.25, 0.3) is 10.2 Å². The van der Waals surface area contributed by atoms with E-state index in [1.54, 1.807) is 18.6 Å². The smallest absolute Gasteiger partial charge is 0.279 e. The van der Waals surface area contributed by atoms with Gasteiger partial charge < -0.3 is 9.30 Å². The molecular formula is C27H25N3O4S2. The number of para-hydroxylation sites is 1. The Balaban J connectivity index is 1.64. The number of amides is 1. The van der Waals surface area contributed by atoms with Gasteiger partial charge in [-0.1, -0.05) is 60.6 Å². The SMILES string of the molecule is C#CCn1c(=NC(=O)c2ccc(S(=O)(=O)N(CC)Cc3ccccc3)cc2)sc2cccc(OC)c21. The van der Waals surface area contributed by atoms with Crippen molar-refractivity contribution in [2.24, 2.45) is 4.99 Å². The first-order valence-electron chi connectivity index (χ1n) is 11.2. The third-order valence-electron chi connectivity index (χ3n) is 5.62. The molecule has 0 atom stereocenters. The molecule has 1 amide bonds. The van der Waals surface area contributed by atoms with Crippen LogP contribution in [0, 0.1) is 12.3 Å². The van der Waals surface area contributed by atoms with Gasteiger partial charge in [-0.3, -0.25) is 4.79 Å². The predicted octanol–water partition coefficient (Wildman–Crippen LogP) is 4.30. The lowest BCUT2D eigenvalue weighted by Crippen LogP contribution is -2.30. The van der Waals surface area contributed by atoms with Gasteiger partial charge >= 0.3 is 0 Å². The molecule has 184 valence electrons. The van der Waals surface area contributed by atoms with E-state index in [2.05, 4.69) is 10.9 Å². The maximum Gasteiger partial charge on any atom is 0.279 e. The highest BCUT2D eigenvalue weighted by Gasteiger charge is 2.23. The summed E-state index contributed by atoms with van der Waals surface area (Å²) >= 11 is 1.33. The highest BCUT2D eigenvalue weighted by molar-refractivity contribution is 7.89. The molecule has 36 heavy (non-hydrogen) atoms. The summed E-state index contributed by atoms with van der Waals surface area (Å²) in [6.45, 7) is 2.60. The molecule has 0 aliphatic carbocycles. The van der Waals surface area contributed by atoms with Crippen molar-refractivity contribution in [3.63, 3.8) is 0 Å². The van der Waals surface area contributed by atoms with E-state index in [0.717, 1.165) is 15.8 Å². The summed E-state index contributed by atoms with van der Waals surface area (Å²) in [7, 11) is -2.16. The number of benzene rings is 3. The molecule has 0 radical (unpaired) electrons. The number of terminal acetylenes is 1. The van der Waals surface area contributed by atoms with Crippen LogP contribution in [0.2, 0.25) is 0 Å². The Bertz CT molecular complexity index is 1600. The topological polar surface area (TPSA) is 81.0 Å². The van der Waals surface area contributed by atoms with E-state index in [9.17, 15) is 13.2 Å². The van der Waals surface area contributed by atoms with Crippen LogP contribution in [0.15, 0.2) is 82.7 Å². The van der Waals surface area contributed by atoms with Crippen molar-refractivity contribution < 1.29 is 17.9 Å². The van der Waals surface area contributed by atoms with E-state index in [1.807, 2.05) is 48.5 Å². The fourth-order valence-corrected chi connectivity index (χ4v) is 6.29. The molecule has 3 aromatic carbocycles. The molecule has 1 aromatic heterocycles. The number of carbonyl (C=O) groups is 1. The number of sulfonamides is 1. The first kappa shape index (κ1) is 25.4. The summed E-state index contributed by atoms with van der Waals surface area (Å²) in [6.07, 6.45) is 5.56. The van der Waals surface area contributed by atoms with Gasteiger partial charge in [0, 0.05) is 18.7 Å². The van der Waals surface area contributed by atoms with Gasteiger partial charge in [0.25, 0.3) is 5.91 Å². The molecule has 0 fully saturated rings. The lowest BCUT2D eigenvalue weighted by molar-refractivity contribution is 0.0997. The Kier molecular flexibility index (Phi) is 7.70. The molecule has 1 heterocycles. The van der Waals surface area contributed by atoms with E-state index >= 15 is 0 Å². The molecule has 4 rings (SSSR count). The van der Waals surface area contributed by atoms with Crippen LogP contribution in [-0.4, -0.2) is 36.9 Å². The quantitative estimate of drug-likeness (QED) is 0.325. The Morgan fingerprint density at radius 1 is 1.08 bits per heavy atom. The summed E-state index contributed by atoms with van der Waals surface area (Å²) in [5.41, 5.74) is 1.94. The number of rotatable bonds is 8. The monoisotopic (exact) mass is 519 g/mol. The van der Waals surface area contributed by atoms with Crippen molar-refractivity contribution in [3.8, 4) is 18.1 Å². The van der Waals surface area contributed by atoms with Gasteiger partial charge in [-0.25, -0.2) is 8.42 Å². The number of methoxy groups -OCH3 is 1. The second-order valence-corrected chi connectivity index (χ2v) is 10.8. The molecule has 4 aromatic rings. The zero-order valence-corrected chi connectivity index (χ0v) is 21.6. The normalized spacial score (nSPS) is 12.1. The van der Waals surface area contributed by atoms with Crippen molar-refractivity contribution in [2.45, 2.75) is 24.9 Å². The van der Waals surface area contributed by atoms with Crippen LogP contribution < -0.4 is 9.54 Å². The van der Waals surface area contributed by atoms with Gasteiger partial charge in [-0.2, -0.15) is 9.30 Å². The highest BCUT2D eigenvalue weighted by Crippen LogP contribution is 2.27. The van der Waals surface area contributed by atoms with Crippen LogP contribution in [0.3, 0.4) is 0 Å². The molecule has 0 aliphatic heterocycles. The summed E-state index contributed by atoms with van der Waals surface area (Å²) in [6, 6.07) is 20.8. The van der Waals surface area contributed by atoms with Gasteiger partial charge in [0.2, 0.25) is 10.0 Å². The third-order valence-corrected chi connectivity index (χ3v) is 8.60. The van der Waals surface area contributed by atoms with E-state index in [0.29, 0.717) is 17.1 Å². The van der Waals surface area contributed by atoms with Crippen molar-refractivity contribution in [1.82, 2.24) is 8.87 Å². The Morgan fingerprint density at radius 3 is 2.44 bits per heavy atom. The van der Waals surface area contributed by atoms with Crippen LogP contribution in [0.5, 0.6) is 5.75 Å². The molecule has 0 unspecified atom stereocenters. The van der Waals surface area contributed by atoms with Crippen LogP contribution in [0.4, 0.5) is 0 Å². The Labute approximate surface area is 214 Å². The van der Waals surface area contributed by atoms with Crippen LogP contribution >= 0.6 is 11.3 Å². The summed E-state index contributed by atoms with van der Waals surface area (Å²) in [5.74, 6) is 2.74. The van der Waals surface area contributed by atoms with E-state index in [4.69, 9.17) is 11.2 Å². The summed E-state index contributed by atoms with van der Waals surface area (Å²) < 4.78 is 35.9. The number of fused-ring (bicyclic) bond motifs is 1. The van der Waals surface area contributed by atoms with Gasteiger partial charge in [0.1, 0.15) is 11.3 Å². The molecule has 0 aliphatic rings. The number of carbonyl (C=O) groups excluding carboxylic acids is 1. The highest BCUT2D eigenvalue weighted by atomic mass is 32.2. The van der Waals surface area contributed by atoms with E-state index < -0.39 is 15.9 Å². The maximum atomic E-state index is 13.2. The lowest BCUT2D eigenvalue weighted by atomic mass is 10.2. The van der Waals surface area contributed by atoms with Crippen molar-refractivity contribution >= 4 is 37.5 Å². The predicted molar refractivity (Wildman–Crippen MR) is 141 cm³/mol. The number of thiazole rings is 1. The number of hydrogen-bond donors (Lipinski definition) is 0. The summed E-state index contributed by atoms with van der Waals surface area (Å²) in [5, 5.41) is 0. The zero-order chi connectivity index (χ0) is 25.7. The number of nitrogens with zero attached hydrogens (tertiary/aromatic N) is 3. The van der Waals surface area contributed by atoms with Gasteiger partial charge in [-0.05, 0) is 42.0 Å². The average Bonchev–Trinajstić information content (AvgIpc) is 3.25. The van der Waals surface area contributed by atoms with E-state index in [1.165, 1.54) is 39.9 Å². The summed E-state index contributed by atoms with van der Waals surface area (Å²) in [4.78, 5) is 17.8. The van der Waals surface area contributed by atoms with E-state index in [-0.39, 0.29) is 23.5 Å². The second-order valence-electron chi connectivity index (χ2n) is 7.84. The van der Waals surface area contributed by atoms with Crippen molar-refractivity contribution in [2.75, 3.05) is 13.7 Å². The average molecular weight is 520 g/mol. The molecule has 0 bridgehead atoms. The van der Waals surface area contributed by atoms with Crippen molar-refractivity contribution in [3.05, 3.63) is 88.7 Å². The molecular weight excluding hydrogens is 494 g/mol. The molecule has 0 spiro atoms. The number of hydrogen-bond acceptors (Lipinski definition) is 5. The van der Waals surface area contributed by atoms with Crippen LogP contribution in [0.1, 0.15) is 22.8 Å². The minimum atomic E-state index is -3.74. The maximum absolute atomic E-state index is 13.2. The Morgan fingerprint density at radius 2 is 1.81 bits per heavy atom. The molecule has 7 nitrogen and oxygen atoms in total. The van der Waals surface area contributed by atoms with Crippen LogP contribution in [-0.2, 0) is 23.1 Å². The largest absolute Gasteiger partial charge is 0.495 e. The second kappa shape index (κ2) is 10.9. The van der Waals surface area contributed by atoms with Gasteiger partial charge in [0.05, 0.1) is 23.2 Å². The molecule has 0 saturated carbocycles. The van der Waals surface area contributed by atoms with Crippen molar-refractivity contribution in [1.29, 1.82) is 0 Å². The first-order chi connectivity index (χ1) is 17.4. The number of ether oxygens (including phenoxy) is 1. The molecule has 0 N–H and O–H groups in total. The third kappa shape index (κ3) is 5.11. The molecule has 0 saturated heterocycles.